The standard InChI is InChI=1S/C23H25N3O4S/c27-26(28)19-12-14-20(15-13-19)31(29,30)25-23-11-4-3-10-22(23)24-16-18-8-5-7-17-6-1-2-9-21(17)18/h1-2,5-9,12-15,22-25H,3-4,10-11,16H2/t22-,23-/m1/s1. The molecule has 0 spiro atoms. The van der Waals surface area contributed by atoms with Gasteiger partial charge in [0.1, 0.15) is 0 Å². The number of nitrogens with zero attached hydrogens (tertiary/aromatic N) is 1. The number of rotatable bonds is 7. The van der Waals surface area contributed by atoms with Crippen LogP contribution in [-0.2, 0) is 16.6 Å². The minimum atomic E-state index is -3.77. The molecule has 1 fully saturated rings. The molecule has 0 aromatic heterocycles. The van der Waals surface area contributed by atoms with E-state index in [4.69, 9.17) is 0 Å². The van der Waals surface area contributed by atoms with Gasteiger partial charge in [-0.05, 0) is 41.3 Å². The molecule has 0 saturated heterocycles. The SMILES string of the molecule is O=[N+]([O-])c1ccc(S(=O)(=O)N[C@@H]2CCCC[C@H]2NCc2cccc3ccccc23)cc1. The van der Waals surface area contributed by atoms with Gasteiger partial charge < -0.3 is 5.32 Å². The lowest BCUT2D eigenvalue weighted by Gasteiger charge is -2.33. The number of nitrogens with one attached hydrogen (secondary N) is 2. The molecule has 8 heteroatoms. The Morgan fingerprint density at radius 1 is 0.903 bits per heavy atom. The van der Waals surface area contributed by atoms with Gasteiger partial charge in [-0.3, -0.25) is 10.1 Å². The fourth-order valence-corrected chi connectivity index (χ4v) is 5.53. The third-order valence-electron chi connectivity index (χ3n) is 5.86. The van der Waals surface area contributed by atoms with Crippen LogP contribution in [0.5, 0.6) is 0 Å². The van der Waals surface area contributed by atoms with E-state index in [1.54, 1.807) is 0 Å². The minimum absolute atomic E-state index is 0.0144. The van der Waals surface area contributed by atoms with Gasteiger partial charge in [0.15, 0.2) is 0 Å². The lowest BCUT2D eigenvalue weighted by Crippen LogP contribution is -2.51. The first-order valence-electron chi connectivity index (χ1n) is 10.4. The highest BCUT2D eigenvalue weighted by atomic mass is 32.2. The van der Waals surface area contributed by atoms with Gasteiger partial charge in [0.2, 0.25) is 10.0 Å². The summed E-state index contributed by atoms with van der Waals surface area (Å²) in [5, 5.41) is 16.8. The van der Waals surface area contributed by atoms with Crippen molar-refractivity contribution in [2.45, 2.75) is 49.2 Å². The molecule has 162 valence electrons. The molecule has 0 aliphatic heterocycles. The summed E-state index contributed by atoms with van der Waals surface area (Å²) in [6.07, 6.45) is 3.64. The lowest BCUT2D eigenvalue weighted by molar-refractivity contribution is -0.384. The highest BCUT2D eigenvalue weighted by Gasteiger charge is 2.29. The second-order valence-electron chi connectivity index (χ2n) is 7.89. The van der Waals surface area contributed by atoms with Crippen LogP contribution < -0.4 is 10.0 Å². The Kier molecular flexibility index (Phi) is 6.31. The van der Waals surface area contributed by atoms with E-state index in [1.807, 2.05) is 18.2 Å². The van der Waals surface area contributed by atoms with E-state index in [0.29, 0.717) is 6.54 Å². The zero-order chi connectivity index (χ0) is 21.8. The molecule has 0 amide bonds. The second kappa shape index (κ2) is 9.13. The molecule has 0 radical (unpaired) electrons. The van der Waals surface area contributed by atoms with Crippen LogP contribution in [0.4, 0.5) is 5.69 Å². The van der Waals surface area contributed by atoms with E-state index >= 15 is 0 Å². The van der Waals surface area contributed by atoms with Crippen molar-refractivity contribution in [1.29, 1.82) is 0 Å². The van der Waals surface area contributed by atoms with Gasteiger partial charge >= 0.3 is 0 Å². The van der Waals surface area contributed by atoms with E-state index in [2.05, 4.69) is 34.3 Å². The van der Waals surface area contributed by atoms with Crippen LogP contribution in [0, 0.1) is 10.1 Å². The normalized spacial score (nSPS) is 19.4. The Labute approximate surface area is 181 Å². The van der Waals surface area contributed by atoms with Crippen LogP contribution in [0.3, 0.4) is 0 Å². The molecule has 7 nitrogen and oxygen atoms in total. The van der Waals surface area contributed by atoms with Crippen LogP contribution >= 0.6 is 0 Å². The number of nitro benzene ring substituents is 1. The maximum absolute atomic E-state index is 12.9. The molecule has 0 heterocycles. The fourth-order valence-electron chi connectivity index (χ4n) is 4.22. The van der Waals surface area contributed by atoms with Crippen molar-refractivity contribution < 1.29 is 13.3 Å². The number of hydrogen-bond donors (Lipinski definition) is 2. The molecule has 2 N–H and O–H groups in total. The summed E-state index contributed by atoms with van der Waals surface area (Å²) < 4.78 is 28.6. The molecular formula is C23H25N3O4S. The van der Waals surface area contributed by atoms with Crippen molar-refractivity contribution in [3.05, 3.63) is 82.4 Å². The van der Waals surface area contributed by atoms with Crippen molar-refractivity contribution in [2.75, 3.05) is 0 Å². The van der Waals surface area contributed by atoms with Gasteiger partial charge in [0.05, 0.1) is 9.82 Å². The Morgan fingerprint density at radius 3 is 2.32 bits per heavy atom. The number of hydrogen-bond acceptors (Lipinski definition) is 5. The molecule has 3 aromatic carbocycles. The first kappa shape index (κ1) is 21.4. The molecule has 4 rings (SSSR count). The summed E-state index contributed by atoms with van der Waals surface area (Å²) in [6.45, 7) is 0.655. The number of fused-ring (bicyclic) bond motifs is 1. The van der Waals surface area contributed by atoms with Crippen molar-refractivity contribution in [2.24, 2.45) is 0 Å². The maximum Gasteiger partial charge on any atom is 0.269 e. The van der Waals surface area contributed by atoms with Crippen molar-refractivity contribution >= 4 is 26.5 Å². The van der Waals surface area contributed by atoms with Gasteiger partial charge in [-0.25, -0.2) is 13.1 Å². The van der Waals surface area contributed by atoms with Crippen molar-refractivity contribution in [3.8, 4) is 0 Å². The zero-order valence-corrected chi connectivity index (χ0v) is 17.8. The van der Waals surface area contributed by atoms with Crippen LogP contribution in [0.2, 0.25) is 0 Å². The summed E-state index contributed by atoms with van der Waals surface area (Å²) in [5.74, 6) is 0. The van der Waals surface area contributed by atoms with Crippen LogP contribution in [0.15, 0.2) is 71.6 Å². The average Bonchev–Trinajstić information content (AvgIpc) is 2.78. The van der Waals surface area contributed by atoms with Crippen molar-refractivity contribution in [3.63, 3.8) is 0 Å². The molecular weight excluding hydrogens is 414 g/mol. The lowest BCUT2D eigenvalue weighted by atomic mass is 9.90. The fraction of sp³-hybridized carbons (Fsp3) is 0.304. The molecule has 31 heavy (non-hydrogen) atoms. The van der Waals surface area contributed by atoms with Gasteiger partial charge in [-0.1, -0.05) is 55.3 Å². The Morgan fingerprint density at radius 2 is 1.58 bits per heavy atom. The third-order valence-corrected chi connectivity index (χ3v) is 7.37. The summed E-state index contributed by atoms with van der Waals surface area (Å²) in [7, 11) is -3.77. The maximum atomic E-state index is 12.9. The second-order valence-corrected chi connectivity index (χ2v) is 9.60. The predicted molar refractivity (Wildman–Crippen MR) is 120 cm³/mol. The third kappa shape index (κ3) is 4.92. The van der Waals surface area contributed by atoms with Gasteiger partial charge in [0, 0.05) is 30.8 Å². The molecule has 2 atom stereocenters. The number of nitro groups is 1. The Balaban J connectivity index is 1.47. The largest absolute Gasteiger partial charge is 0.308 e. The van der Waals surface area contributed by atoms with E-state index in [1.165, 1.54) is 40.6 Å². The highest BCUT2D eigenvalue weighted by Crippen LogP contribution is 2.24. The molecule has 0 bridgehead atoms. The number of benzene rings is 3. The van der Waals surface area contributed by atoms with E-state index in [0.717, 1.165) is 25.7 Å². The smallest absolute Gasteiger partial charge is 0.269 e. The molecule has 1 saturated carbocycles. The highest BCUT2D eigenvalue weighted by molar-refractivity contribution is 7.89. The van der Waals surface area contributed by atoms with Gasteiger partial charge in [0.25, 0.3) is 5.69 Å². The molecule has 1 aliphatic rings. The average molecular weight is 440 g/mol. The van der Waals surface area contributed by atoms with Crippen molar-refractivity contribution in [1.82, 2.24) is 10.0 Å². The molecule has 0 unspecified atom stereocenters. The predicted octanol–water partition coefficient (Wildman–Crippen LogP) is 4.13. The minimum Gasteiger partial charge on any atom is -0.308 e. The van der Waals surface area contributed by atoms with Crippen LogP contribution in [-0.4, -0.2) is 25.4 Å². The van der Waals surface area contributed by atoms with Crippen LogP contribution in [0.25, 0.3) is 10.8 Å². The topological polar surface area (TPSA) is 101 Å². The van der Waals surface area contributed by atoms with E-state index < -0.39 is 14.9 Å². The van der Waals surface area contributed by atoms with Gasteiger partial charge in [-0.15, -0.1) is 0 Å². The molecule has 3 aromatic rings. The first-order valence-corrected chi connectivity index (χ1v) is 11.9. The van der Waals surface area contributed by atoms with Crippen LogP contribution in [0.1, 0.15) is 31.2 Å². The summed E-state index contributed by atoms with van der Waals surface area (Å²) >= 11 is 0. The quantitative estimate of drug-likeness (QED) is 0.426. The monoisotopic (exact) mass is 439 g/mol. The first-order chi connectivity index (χ1) is 14.9. The summed E-state index contributed by atoms with van der Waals surface area (Å²) in [5.41, 5.74) is 1.05. The summed E-state index contributed by atoms with van der Waals surface area (Å²) in [6, 6.07) is 19.2. The molecule has 1 aliphatic carbocycles. The Bertz CT molecular complexity index is 1170. The summed E-state index contributed by atoms with van der Waals surface area (Å²) in [4.78, 5) is 10.3. The Hall–Kier alpha value is -2.81. The van der Waals surface area contributed by atoms with Gasteiger partial charge in [-0.2, -0.15) is 0 Å². The van der Waals surface area contributed by atoms with E-state index in [-0.39, 0.29) is 22.7 Å². The van der Waals surface area contributed by atoms with E-state index in [9.17, 15) is 18.5 Å². The number of sulfonamides is 1. The number of non-ortho nitro benzene ring substituents is 1. The zero-order valence-electron chi connectivity index (χ0n) is 17.0.